The Morgan fingerprint density at radius 3 is 2.05 bits per heavy atom. The molecule has 0 aromatic heterocycles. The zero-order chi connectivity index (χ0) is 15.5. The second-order valence-corrected chi connectivity index (χ2v) is 5.86. The van der Waals surface area contributed by atoms with Crippen molar-refractivity contribution in [1.82, 2.24) is 0 Å². The van der Waals surface area contributed by atoms with Gasteiger partial charge in [-0.3, -0.25) is 14.1 Å². The Balaban J connectivity index is 2.38. The van der Waals surface area contributed by atoms with Crippen molar-refractivity contribution >= 4 is 21.7 Å². The van der Waals surface area contributed by atoms with E-state index in [-0.39, 0.29) is 16.7 Å². The third-order valence-electron chi connectivity index (χ3n) is 2.84. The van der Waals surface area contributed by atoms with Gasteiger partial charge >= 0.3 is 0 Å². The van der Waals surface area contributed by atoms with Gasteiger partial charge in [0, 0.05) is 11.1 Å². The van der Waals surface area contributed by atoms with Crippen LogP contribution in [0, 0.1) is 0 Å². The molecule has 0 aliphatic heterocycles. The van der Waals surface area contributed by atoms with Crippen molar-refractivity contribution in [1.29, 1.82) is 0 Å². The van der Waals surface area contributed by atoms with Crippen molar-refractivity contribution in [3.05, 3.63) is 71.3 Å². The summed E-state index contributed by atoms with van der Waals surface area (Å²) in [6.07, 6.45) is 0. The normalized spacial score (nSPS) is 11.1. The third-order valence-corrected chi connectivity index (χ3v) is 3.52. The van der Waals surface area contributed by atoms with Crippen LogP contribution in [-0.2, 0) is 15.9 Å². The summed E-state index contributed by atoms with van der Waals surface area (Å²) in [6, 6.07) is 13.8. The SMILES string of the molecule is O=C(C(=O)c1ccccc1CS(=O)(=O)O)c1ccccc1. The first-order valence-electron chi connectivity index (χ1n) is 6.05. The zero-order valence-corrected chi connectivity index (χ0v) is 11.7. The number of hydrogen-bond acceptors (Lipinski definition) is 4. The predicted molar refractivity (Wildman–Crippen MR) is 76.8 cm³/mol. The first kappa shape index (κ1) is 15.1. The van der Waals surface area contributed by atoms with E-state index in [1.54, 1.807) is 18.2 Å². The van der Waals surface area contributed by atoms with E-state index in [2.05, 4.69) is 0 Å². The summed E-state index contributed by atoms with van der Waals surface area (Å²) in [7, 11) is -4.29. The lowest BCUT2D eigenvalue weighted by Gasteiger charge is -2.06. The molecule has 0 unspecified atom stereocenters. The van der Waals surface area contributed by atoms with Gasteiger partial charge in [-0.25, -0.2) is 0 Å². The Morgan fingerprint density at radius 2 is 1.43 bits per heavy atom. The fourth-order valence-electron chi connectivity index (χ4n) is 1.91. The maximum Gasteiger partial charge on any atom is 0.269 e. The van der Waals surface area contributed by atoms with Crippen LogP contribution in [-0.4, -0.2) is 24.5 Å². The van der Waals surface area contributed by atoms with Gasteiger partial charge in [0.1, 0.15) is 5.75 Å². The topological polar surface area (TPSA) is 88.5 Å². The Kier molecular flexibility index (Phi) is 4.30. The maximum atomic E-state index is 12.2. The van der Waals surface area contributed by atoms with Gasteiger partial charge in [0.2, 0.25) is 11.6 Å². The number of carbonyl (C=O) groups excluding carboxylic acids is 2. The molecule has 2 aromatic carbocycles. The molecule has 0 saturated heterocycles. The highest BCUT2D eigenvalue weighted by Crippen LogP contribution is 2.15. The van der Waals surface area contributed by atoms with Crippen LogP contribution in [0.2, 0.25) is 0 Å². The highest BCUT2D eigenvalue weighted by molar-refractivity contribution is 7.85. The van der Waals surface area contributed by atoms with E-state index >= 15 is 0 Å². The number of rotatable bonds is 5. The quantitative estimate of drug-likeness (QED) is 0.519. The predicted octanol–water partition coefficient (Wildman–Crippen LogP) is 2.14. The van der Waals surface area contributed by atoms with Crippen molar-refractivity contribution in [3.63, 3.8) is 0 Å². The molecular weight excluding hydrogens is 292 g/mol. The molecule has 0 radical (unpaired) electrons. The Hall–Kier alpha value is -2.31. The lowest BCUT2D eigenvalue weighted by molar-refractivity contribution is 0.0816. The standard InChI is InChI=1S/C15H12O5S/c16-14(11-6-2-1-3-7-11)15(17)13-9-5-4-8-12(13)10-21(18,19)20/h1-9H,10H2,(H,18,19,20). The summed E-state index contributed by atoms with van der Waals surface area (Å²) in [5.74, 6) is -2.24. The lowest BCUT2D eigenvalue weighted by atomic mass is 9.98. The van der Waals surface area contributed by atoms with E-state index in [9.17, 15) is 18.0 Å². The van der Waals surface area contributed by atoms with Crippen LogP contribution < -0.4 is 0 Å². The highest BCUT2D eigenvalue weighted by Gasteiger charge is 2.22. The van der Waals surface area contributed by atoms with Gasteiger partial charge in [-0.2, -0.15) is 8.42 Å². The molecular formula is C15H12O5S. The molecule has 0 heterocycles. The van der Waals surface area contributed by atoms with Crippen LogP contribution in [0.4, 0.5) is 0 Å². The summed E-state index contributed by atoms with van der Waals surface area (Å²) in [5, 5.41) is 0. The van der Waals surface area contributed by atoms with Gasteiger partial charge in [0.25, 0.3) is 10.1 Å². The van der Waals surface area contributed by atoms with Gasteiger partial charge in [-0.1, -0.05) is 54.6 Å². The fourth-order valence-corrected chi connectivity index (χ4v) is 2.55. The van der Waals surface area contributed by atoms with Crippen molar-refractivity contribution in [2.45, 2.75) is 5.75 Å². The largest absolute Gasteiger partial charge is 0.285 e. The minimum Gasteiger partial charge on any atom is -0.285 e. The lowest BCUT2D eigenvalue weighted by Crippen LogP contribution is -2.17. The molecule has 0 fully saturated rings. The monoisotopic (exact) mass is 304 g/mol. The van der Waals surface area contributed by atoms with Crippen LogP contribution in [0.5, 0.6) is 0 Å². The van der Waals surface area contributed by atoms with Crippen molar-refractivity contribution in [2.75, 3.05) is 0 Å². The first-order valence-corrected chi connectivity index (χ1v) is 7.66. The zero-order valence-electron chi connectivity index (χ0n) is 10.9. The Bertz CT molecular complexity index is 779. The van der Waals surface area contributed by atoms with Crippen molar-refractivity contribution in [3.8, 4) is 0 Å². The molecule has 21 heavy (non-hydrogen) atoms. The second kappa shape index (κ2) is 5.99. The first-order chi connectivity index (χ1) is 9.88. The van der Waals surface area contributed by atoms with Gasteiger partial charge in [-0.05, 0) is 5.56 Å². The van der Waals surface area contributed by atoms with E-state index in [0.29, 0.717) is 0 Å². The van der Waals surface area contributed by atoms with E-state index in [1.807, 2.05) is 0 Å². The molecule has 0 saturated carbocycles. The van der Waals surface area contributed by atoms with Crippen molar-refractivity contribution < 1.29 is 22.6 Å². The second-order valence-electron chi connectivity index (χ2n) is 4.41. The van der Waals surface area contributed by atoms with Gasteiger partial charge < -0.3 is 0 Å². The van der Waals surface area contributed by atoms with Gasteiger partial charge in [0.05, 0.1) is 0 Å². The minimum absolute atomic E-state index is 0.0241. The average Bonchev–Trinajstić information content (AvgIpc) is 2.45. The van der Waals surface area contributed by atoms with E-state index in [4.69, 9.17) is 4.55 Å². The molecule has 0 aliphatic carbocycles. The third kappa shape index (κ3) is 3.84. The minimum atomic E-state index is -4.29. The van der Waals surface area contributed by atoms with E-state index in [1.165, 1.54) is 36.4 Å². The van der Waals surface area contributed by atoms with Crippen LogP contribution in [0.25, 0.3) is 0 Å². The molecule has 2 rings (SSSR count). The molecule has 0 atom stereocenters. The van der Waals surface area contributed by atoms with E-state index < -0.39 is 27.4 Å². The molecule has 5 nitrogen and oxygen atoms in total. The smallest absolute Gasteiger partial charge is 0.269 e. The number of hydrogen-bond donors (Lipinski definition) is 1. The molecule has 0 aliphatic rings. The molecule has 0 spiro atoms. The fraction of sp³-hybridized carbons (Fsp3) is 0.0667. The van der Waals surface area contributed by atoms with Crippen LogP contribution in [0.15, 0.2) is 54.6 Å². The summed E-state index contributed by atoms with van der Waals surface area (Å²) in [6.45, 7) is 0. The van der Waals surface area contributed by atoms with Gasteiger partial charge in [0.15, 0.2) is 0 Å². The molecule has 1 N–H and O–H groups in total. The number of Topliss-reactive ketones (excluding diaryl/α,β-unsaturated/α-hetero) is 2. The molecule has 0 amide bonds. The van der Waals surface area contributed by atoms with Crippen LogP contribution in [0.3, 0.4) is 0 Å². The molecule has 108 valence electrons. The number of benzene rings is 2. The molecule has 0 bridgehead atoms. The van der Waals surface area contributed by atoms with Crippen LogP contribution in [0.1, 0.15) is 26.3 Å². The summed E-state index contributed by atoms with van der Waals surface area (Å²) in [5.41, 5.74) is 0.294. The summed E-state index contributed by atoms with van der Waals surface area (Å²) >= 11 is 0. The molecule has 6 heteroatoms. The van der Waals surface area contributed by atoms with Gasteiger partial charge in [-0.15, -0.1) is 0 Å². The highest BCUT2D eigenvalue weighted by atomic mass is 32.2. The number of carbonyl (C=O) groups is 2. The van der Waals surface area contributed by atoms with Crippen molar-refractivity contribution in [2.24, 2.45) is 0 Å². The average molecular weight is 304 g/mol. The van der Waals surface area contributed by atoms with Crippen LogP contribution >= 0.6 is 0 Å². The summed E-state index contributed by atoms with van der Waals surface area (Å²) < 4.78 is 30.9. The summed E-state index contributed by atoms with van der Waals surface area (Å²) in [4.78, 5) is 24.3. The Morgan fingerprint density at radius 1 is 0.857 bits per heavy atom. The maximum absolute atomic E-state index is 12.2. The Labute approximate surface area is 122 Å². The number of ketones is 2. The molecule has 2 aromatic rings. The van der Waals surface area contributed by atoms with E-state index in [0.717, 1.165) is 0 Å².